The predicted octanol–water partition coefficient (Wildman–Crippen LogP) is 2.14. The lowest BCUT2D eigenvalue weighted by molar-refractivity contribution is 0.0954. The van der Waals surface area contributed by atoms with Crippen LogP contribution in [-0.2, 0) is 6.42 Å². The van der Waals surface area contributed by atoms with Crippen molar-refractivity contribution in [2.45, 2.75) is 20.3 Å². The number of amides is 1. The van der Waals surface area contributed by atoms with Crippen molar-refractivity contribution in [3.63, 3.8) is 0 Å². The summed E-state index contributed by atoms with van der Waals surface area (Å²) in [6, 6.07) is 5.50. The van der Waals surface area contributed by atoms with E-state index in [-0.39, 0.29) is 11.7 Å². The lowest BCUT2D eigenvalue weighted by Crippen LogP contribution is -2.25. The van der Waals surface area contributed by atoms with Crippen LogP contribution in [0.3, 0.4) is 0 Å². The maximum Gasteiger partial charge on any atom is 0.251 e. The summed E-state index contributed by atoms with van der Waals surface area (Å²) >= 11 is 0. The molecule has 0 fully saturated rings. The van der Waals surface area contributed by atoms with Gasteiger partial charge >= 0.3 is 0 Å². The van der Waals surface area contributed by atoms with Crippen LogP contribution in [0.5, 0.6) is 0 Å². The van der Waals surface area contributed by atoms with Gasteiger partial charge in [0.15, 0.2) is 0 Å². The van der Waals surface area contributed by atoms with E-state index in [1.807, 2.05) is 13.8 Å². The molecule has 2 rings (SSSR count). The molecule has 1 amide bonds. The molecule has 4 nitrogen and oxygen atoms in total. The van der Waals surface area contributed by atoms with Gasteiger partial charge < -0.3 is 5.32 Å². The van der Waals surface area contributed by atoms with Gasteiger partial charge in [0, 0.05) is 17.8 Å². The van der Waals surface area contributed by atoms with Gasteiger partial charge in [0.1, 0.15) is 5.82 Å². The zero-order chi connectivity index (χ0) is 13.8. The largest absolute Gasteiger partial charge is 0.352 e. The van der Waals surface area contributed by atoms with E-state index in [1.165, 1.54) is 24.3 Å². The molecular formula is C14H16FN3O. The molecule has 5 heteroatoms. The van der Waals surface area contributed by atoms with Crippen molar-refractivity contribution in [3.8, 4) is 0 Å². The van der Waals surface area contributed by atoms with Crippen LogP contribution in [0.25, 0.3) is 0 Å². The van der Waals surface area contributed by atoms with E-state index in [9.17, 15) is 9.18 Å². The molecule has 0 aliphatic rings. The third-order valence-electron chi connectivity index (χ3n) is 3.05. The average molecular weight is 261 g/mol. The normalized spacial score (nSPS) is 10.5. The van der Waals surface area contributed by atoms with Gasteiger partial charge in [-0.15, -0.1) is 0 Å². The van der Waals surface area contributed by atoms with Crippen LogP contribution in [0.1, 0.15) is 27.3 Å². The molecule has 1 aromatic heterocycles. The highest BCUT2D eigenvalue weighted by molar-refractivity contribution is 5.94. The lowest BCUT2D eigenvalue weighted by atomic mass is 10.1. The van der Waals surface area contributed by atoms with Crippen LogP contribution in [0, 0.1) is 19.7 Å². The van der Waals surface area contributed by atoms with E-state index in [1.54, 1.807) is 0 Å². The second-order valence-corrected chi connectivity index (χ2v) is 4.43. The Bertz CT molecular complexity index is 555. The van der Waals surface area contributed by atoms with E-state index in [2.05, 4.69) is 15.5 Å². The highest BCUT2D eigenvalue weighted by atomic mass is 19.1. The second-order valence-electron chi connectivity index (χ2n) is 4.43. The average Bonchev–Trinajstić information content (AvgIpc) is 2.71. The molecular weight excluding hydrogens is 245 g/mol. The Morgan fingerprint density at radius 2 is 2.00 bits per heavy atom. The van der Waals surface area contributed by atoms with Crippen LogP contribution in [0.4, 0.5) is 4.39 Å². The minimum absolute atomic E-state index is 0.196. The number of aromatic nitrogens is 2. The summed E-state index contributed by atoms with van der Waals surface area (Å²) in [4.78, 5) is 11.8. The van der Waals surface area contributed by atoms with Crippen molar-refractivity contribution in [3.05, 3.63) is 52.6 Å². The fraction of sp³-hybridized carbons (Fsp3) is 0.286. The van der Waals surface area contributed by atoms with E-state index >= 15 is 0 Å². The molecule has 0 spiro atoms. The van der Waals surface area contributed by atoms with Crippen LogP contribution in [0.15, 0.2) is 24.3 Å². The van der Waals surface area contributed by atoms with Crippen molar-refractivity contribution in [1.29, 1.82) is 0 Å². The molecule has 19 heavy (non-hydrogen) atoms. The predicted molar refractivity (Wildman–Crippen MR) is 70.5 cm³/mol. The number of H-pyrrole nitrogens is 1. The van der Waals surface area contributed by atoms with Crippen molar-refractivity contribution in [2.24, 2.45) is 0 Å². The van der Waals surface area contributed by atoms with Gasteiger partial charge in [0.25, 0.3) is 5.91 Å². The molecule has 100 valence electrons. The summed E-state index contributed by atoms with van der Waals surface area (Å²) < 4.78 is 12.7. The number of nitrogens with one attached hydrogen (secondary N) is 2. The Morgan fingerprint density at radius 1 is 1.32 bits per heavy atom. The molecule has 1 aromatic carbocycles. The lowest BCUT2D eigenvalue weighted by Gasteiger charge is -2.05. The van der Waals surface area contributed by atoms with Gasteiger partial charge in [-0.25, -0.2) is 4.39 Å². The fourth-order valence-electron chi connectivity index (χ4n) is 1.95. The third-order valence-corrected chi connectivity index (χ3v) is 3.05. The number of nitrogens with zero attached hydrogens (tertiary/aromatic N) is 1. The topological polar surface area (TPSA) is 57.8 Å². The molecule has 0 aliphatic carbocycles. The van der Waals surface area contributed by atoms with Crippen molar-refractivity contribution < 1.29 is 9.18 Å². The fourth-order valence-corrected chi connectivity index (χ4v) is 1.95. The summed E-state index contributed by atoms with van der Waals surface area (Å²) in [5.74, 6) is -0.542. The van der Waals surface area contributed by atoms with Gasteiger partial charge in [-0.2, -0.15) is 5.10 Å². The molecule has 0 saturated heterocycles. The van der Waals surface area contributed by atoms with Crippen molar-refractivity contribution >= 4 is 5.91 Å². The zero-order valence-corrected chi connectivity index (χ0v) is 11.0. The van der Waals surface area contributed by atoms with Gasteiger partial charge in [-0.05, 0) is 50.1 Å². The summed E-state index contributed by atoms with van der Waals surface area (Å²) in [6.45, 7) is 4.41. The maximum atomic E-state index is 12.7. The van der Waals surface area contributed by atoms with E-state index in [0.29, 0.717) is 12.1 Å². The Balaban J connectivity index is 1.89. The van der Waals surface area contributed by atoms with Gasteiger partial charge in [-0.1, -0.05) is 0 Å². The first-order chi connectivity index (χ1) is 9.08. The number of aromatic amines is 1. The Kier molecular flexibility index (Phi) is 3.94. The monoisotopic (exact) mass is 261 g/mol. The molecule has 0 unspecified atom stereocenters. The highest BCUT2D eigenvalue weighted by Gasteiger charge is 2.08. The van der Waals surface area contributed by atoms with Crippen LogP contribution in [-0.4, -0.2) is 22.6 Å². The summed E-state index contributed by atoms with van der Waals surface area (Å²) in [6.07, 6.45) is 0.723. The van der Waals surface area contributed by atoms with E-state index in [4.69, 9.17) is 0 Å². The Labute approximate surface area is 111 Å². The number of aryl methyl sites for hydroxylation is 2. The molecule has 0 aliphatic heterocycles. The number of carbonyl (C=O) groups is 1. The molecule has 0 radical (unpaired) electrons. The summed E-state index contributed by atoms with van der Waals surface area (Å²) in [5, 5.41) is 9.82. The molecule has 0 atom stereocenters. The van der Waals surface area contributed by atoms with Crippen molar-refractivity contribution in [2.75, 3.05) is 6.54 Å². The molecule has 0 saturated carbocycles. The van der Waals surface area contributed by atoms with Gasteiger partial charge in [0.05, 0.1) is 5.69 Å². The number of rotatable bonds is 4. The number of hydrogen-bond donors (Lipinski definition) is 2. The van der Waals surface area contributed by atoms with Gasteiger partial charge in [-0.3, -0.25) is 9.89 Å². The first-order valence-electron chi connectivity index (χ1n) is 6.12. The number of halogens is 1. The summed E-state index contributed by atoms with van der Waals surface area (Å²) in [5.41, 5.74) is 3.56. The number of carbonyl (C=O) groups excluding carboxylic acids is 1. The Hall–Kier alpha value is -2.17. The van der Waals surface area contributed by atoms with Gasteiger partial charge in [0.2, 0.25) is 0 Å². The maximum absolute atomic E-state index is 12.7. The SMILES string of the molecule is Cc1n[nH]c(C)c1CCNC(=O)c1ccc(F)cc1. The van der Waals surface area contributed by atoms with E-state index < -0.39 is 0 Å². The smallest absolute Gasteiger partial charge is 0.251 e. The molecule has 2 N–H and O–H groups in total. The molecule has 2 aromatic rings. The van der Waals surface area contributed by atoms with Crippen LogP contribution >= 0.6 is 0 Å². The quantitative estimate of drug-likeness (QED) is 0.886. The first kappa shape index (κ1) is 13.3. The van der Waals surface area contributed by atoms with E-state index in [0.717, 1.165) is 23.4 Å². The summed E-state index contributed by atoms with van der Waals surface area (Å²) in [7, 11) is 0. The third kappa shape index (κ3) is 3.19. The standard InChI is InChI=1S/C14H16FN3O/c1-9-13(10(2)18-17-9)7-8-16-14(19)11-3-5-12(15)6-4-11/h3-6H,7-8H2,1-2H3,(H,16,19)(H,17,18). The number of hydrogen-bond acceptors (Lipinski definition) is 2. The second kappa shape index (κ2) is 5.65. The minimum Gasteiger partial charge on any atom is -0.352 e. The van der Waals surface area contributed by atoms with Crippen molar-refractivity contribution in [1.82, 2.24) is 15.5 Å². The minimum atomic E-state index is -0.346. The van der Waals surface area contributed by atoms with Crippen LogP contribution < -0.4 is 5.32 Å². The Morgan fingerprint density at radius 3 is 2.58 bits per heavy atom. The number of benzene rings is 1. The first-order valence-corrected chi connectivity index (χ1v) is 6.12. The highest BCUT2D eigenvalue weighted by Crippen LogP contribution is 2.09. The zero-order valence-electron chi connectivity index (χ0n) is 11.0. The molecule has 1 heterocycles. The molecule has 0 bridgehead atoms. The van der Waals surface area contributed by atoms with Crippen LogP contribution in [0.2, 0.25) is 0 Å².